The summed E-state index contributed by atoms with van der Waals surface area (Å²) >= 11 is 1.32. The lowest BCUT2D eigenvalue weighted by Crippen LogP contribution is -2.28. The molecule has 0 unspecified atom stereocenters. The number of hydrogen-bond donors (Lipinski definition) is 1. The van der Waals surface area contributed by atoms with Crippen LogP contribution in [0.25, 0.3) is 16.2 Å². The smallest absolute Gasteiger partial charge is 0.261 e. The predicted octanol–water partition coefficient (Wildman–Crippen LogP) is 4.24. The summed E-state index contributed by atoms with van der Waals surface area (Å²) in [7, 11) is 0. The summed E-state index contributed by atoms with van der Waals surface area (Å²) in [5.74, 6) is -1.27. The SMILES string of the molecule is O=C(Nc1nc2scc(-c3ccc(F)cc3)n2n1)c1ccc2c(c1)C(=O)N(Cc1ccco1)C2=O. The van der Waals surface area contributed by atoms with E-state index < -0.39 is 17.7 Å². The number of hydrogen-bond acceptors (Lipinski definition) is 7. The number of anilines is 1. The number of fused-ring (bicyclic) bond motifs is 2. The molecular formula is C24H14FN5O4S. The molecule has 5 aromatic rings. The van der Waals surface area contributed by atoms with Crippen LogP contribution in [0, 0.1) is 5.82 Å². The highest BCUT2D eigenvalue weighted by Gasteiger charge is 2.36. The van der Waals surface area contributed by atoms with Gasteiger partial charge in [0.25, 0.3) is 23.7 Å². The van der Waals surface area contributed by atoms with Crippen molar-refractivity contribution in [1.29, 1.82) is 0 Å². The minimum atomic E-state index is -0.529. The molecule has 1 aliphatic heterocycles. The monoisotopic (exact) mass is 487 g/mol. The number of nitrogens with one attached hydrogen (secondary N) is 1. The highest BCUT2D eigenvalue weighted by Crippen LogP contribution is 2.28. The molecule has 3 aromatic heterocycles. The van der Waals surface area contributed by atoms with Crippen LogP contribution in [0.5, 0.6) is 0 Å². The molecule has 2 aromatic carbocycles. The van der Waals surface area contributed by atoms with Gasteiger partial charge in [-0.15, -0.1) is 16.4 Å². The van der Waals surface area contributed by atoms with Gasteiger partial charge in [0.2, 0.25) is 4.96 Å². The fraction of sp³-hybridized carbons (Fsp3) is 0.0417. The quantitative estimate of drug-likeness (QED) is 0.372. The van der Waals surface area contributed by atoms with Gasteiger partial charge in [0.05, 0.1) is 29.6 Å². The molecule has 11 heteroatoms. The van der Waals surface area contributed by atoms with Crippen LogP contribution in [0.15, 0.2) is 70.7 Å². The molecule has 1 N–H and O–H groups in total. The Morgan fingerprint density at radius 3 is 2.63 bits per heavy atom. The van der Waals surface area contributed by atoms with E-state index in [0.29, 0.717) is 16.4 Å². The van der Waals surface area contributed by atoms with Crippen molar-refractivity contribution < 1.29 is 23.2 Å². The van der Waals surface area contributed by atoms with Crippen LogP contribution in [0.3, 0.4) is 0 Å². The molecule has 35 heavy (non-hydrogen) atoms. The van der Waals surface area contributed by atoms with Crippen molar-refractivity contribution in [3.63, 3.8) is 0 Å². The molecule has 0 atom stereocenters. The summed E-state index contributed by atoms with van der Waals surface area (Å²) < 4.78 is 20.1. The third-order valence-corrected chi connectivity index (χ3v) is 6.39. The van der Waals surface area contributed by atoms with Crippen LogP contribution in [-0.4, -0.2) is 37.2 Å². The van der Waals surface area contributed by atoms with Gasteiger partial charge in [-0.2, -0.15) is 4.98 Å². The first kappa shape index (κ1) is 20.9. The predicted molar refractivity (Wildman–Crippen MR) is 124 cm³/mol. The fourth-order valence-corrected chi connectivity index (χ4v) is 4.69. The third-order valence-electron chi connectivity index (χ3n) is 5.57. The van der Waals surface area contributed by atoms with E-state index in [1.165, 1.54) is 47.9 Å². The van der Waals surface area contributed by atoms with E-state index in [2.05, 4.69) is 15.4 Å². The molecule has 0 saturated carbocycles. The van der Waals surface area contributed by atoms with Crippen LogP contribution in [-0.2, 0) is 6.54 Å². The van der Waals surface area contributed by atoms with Gasteiger partial charge in [-0.25, -0.2) is 8.91 Å². The molecule has 6 rings (SSSR count). The van der Waals surface area contributed by atoms with Crippen LogP contribution in [0.4, 0.5) is 10.3 Å². The average molecular weight is 487 g/mol. The zero-order chi connectivity index (χ0) is 24.1. The van der Waals surface area contributed by atoms with Gasteiger partial charge in [-0.3, -0.25) is 24.6 Å². The number of nitrogens with zero attached hydrogens (tertiary/aromatic N) is 4. The van der Waals surface area contributed by atoms with Gasteiger partial charge in [-0.1, -0.05) is 0 Å². The van der Waals surface area contributed by atoms with Gasteiger partial charge in [-0.05, 0) is 54.6 Å². The number of rotatable bonds is 5. The Labute approximate surface area is 200 Å². The van der Waals surface area contributed by atoms with Crippen LogP contribution in [0.2, 0.25) is 0 Å². The summed E-state index contributed by atoms with van der Waals surface area (Å²) in [6.07, 6.45) is 1.46. The van der Waals surface area contributed by atoms with Crippen molar-refractivity contribution in [2.45, 2.75) is 6.54 Å². The van der Waals surface area contributed by atoms with Crippen molar-refractivity contribution >= 4 is 40.0 Å². The molecule has 0 radical (unpaired) electrons. The Morgan fingerprint density at radius 2 is 1.86 bits per heavy atom. The van der Waals surface area contributed by atoms with E-state index in [1.807, 2.05) is 5.38 Å². The molecule has 0 aliphatic carbocycles. The minimum absolute atomic E-state index is 0.00653. The standard InChI is InChI=1S/C24H14FN5O4S/c25-15-6-3-13(4-7-15)19-12-35-24-27-23(28-30(19)24)26-20(31)14-5-8-17-18(10-14)22(33)29(21(17)32)11-16-2-1-9-34-16/h1-10,12H,11H2,(H,26,28,31). The number of aromatic nitrogens is 3. The second kappa shape index (κ2) is 7.99. The summed E-state index contributed by atoms with van der Waals surface area (Å²) in [4.78, 5) is 44.3. The number of carbonyl (C=O) groups is 3. The molecule has 0 saturated heterocycles. The summed E-state index contributed by atoms with van der Waals surface area (Å²) in [6, 6.07) is 13.6. The molecule has 1 aliphatic rings. The maximum Gasteiger partial charge on any atom is 0.261 e. The lowest BCUT2D eigenvalue weighted by molar-refractivity contribution is 0.0631. The number of imide groups is 1. The largest absolute Gasteiger partial charge is 0.467 e. The Morgan fingerprint density at radius 1 is 1.06 bits per heavy atom. The van der Waals surface area contributed by atoms with Crippen molar-refractivity contribution in [3.8, 4) is 11.3 Å². The lowest BCUT2D eigenvalue weighted by atomic mass is 10.1. The van der Waals surface area contributed by atoms with E-state index in [-0.39, 0.29) is 35.0 Å². The molecular weight excluding hydrogens is 473 g/mol. The van der Waals surface area contributed by atoms with Crippen molar-refractivity contribution in [2.24, 2.45) is 0 Å². The molecule has 3 amide bonds. The summed E-state index contributed by atoms with van der Waals surface area (Å²) in [5.41, 5.74) is 2.01. The number of carbonyl (C=O) groups excluding carboxylic acids is 3. The van der Waals surface area contributed by atoms with Gasteiger partial charge in [0, 0.05) is 16.5 Å². The average Bonchev–Trinajstić information content (AvgIpc) is 3.63. The third kappa shape index (κ3) is 3.58. The molecule has 9 nitrogen and oxygen atoms in total. The zero-order valence-electron chi connectivity index (χ0n) is 17.8. The number of benzene rings is 2. The van der Waals surface area contributed by atoms with Gasteiger partial charge >= 0.3 is 0 Å². The Kier molecular flexibility index (Phi) is 4.78. The van der Waals surface area contributed by atoms with Crippen molar-refractivity contribution in [2.75, 3.05) is 5.32 Å². The van der Waals surface area contributed by atoms with Crippen LogP contribution < -0.4 is 5.32 Å². The number of amides is 3. The first-order valence-corrected chi connectivity index (χ1v) is 11.3. The topological polar surface area (TPSA) is 110 Å². The molecule has 4 heterocycles. The highest BCUT2D eigenvalue weighted by atomic mass is 32.1. The summed E-state index contributed by atoms with van der Waals surface area (Å²) in [5, 5.41) is 8.81. The first-order chi connectivity index (χ1) is 17.0. The molecule has 0 bridgehead atoms. The number of halogens is 1. The fourth-order valence-electron chi connectivity index (χ4n) is 3.86. The van der Waals surface area contributed by atoms with E-state index in [4.69, 9.17) is 4.42 Å². The van der Waals surface area contributed by atoms with E-state index in [9.17, 15) is 18.8 Å². The normalized spacial score (nSPS) is 13.0. The number of thiazole rings is 1. The highest BCUT2D eigenvalue weighted by molar-refractivity contribution is 7.15. The second-order valence-corrected chi connectivity index (χ2v) is 8.58. The maximum absolute atomic E-state index is 13.3. The second-order valence-electron chi connectivity index (χ2n) is 7.75. The number of furan rings is 1. The van der Waals surface area contributed by atoms with E-state index >= 15 is 0 Å². The molecule has 0 fully saturated rings. The Bertz CT molecular complexity index is 1620. The Hall–Kier alpha value is -4.64. The first-order valence-electron chi connectivity index (χ1n) is 10.4. The molecule has 0 spiro atoms. The van der Waals surface area contributed by atoms with E-state index in [1.54, 1.807) is 28.8 Å². The van der Waals surface area contributed by atoms with Crippen molar-refractivity contribution in [3.05, 3.63) is 94.5 Å². The van der Waals surface area contributed by atoms with Crippen LogP contribution in [0.1, 0.15) is 36.8 Å². The zero-order valence-corrected chi connectivity index (χ0v) is 18.6. The van der Waals surface area contributed by atoms with E-state index in [0.717, 1.165) is 10.5 Å². The maximum atomic E-state index is 13.3. The summed E-state index contributed by atoms with van der Waals surface area (Å²) in [6.45, 7) is 0.00653. The lowest BCUT2D eigenvalue weighted by Gasteiger charge is -2.11. The van der Waals surface area contributed by atoms with Gasteiger partial charge < -0.3 is 4.42 Å². The van der Waals surface area contributed by atoms with Crippen LogP contribution >= 0.6 is 11.3 Å². The Balaban J connectivity index is 1.23. The van der Waals surface area contributed by atoms with Crippen molar-refractivity contribution in [1.82, 2.24) is 19.5 Å². The van der Waals surface area contributed by atoms with Gasteiger partial charge in [0.15, 0.2) is 0 Å². The molecule has 172 valence electrons. The van der Waals surface area contributed by atoms with Gasteiger partial charge in [0.1, 0.15) is 11.6 Å². The minimum Gasteiger partial charge on any atom is -0.467 e.